The van der Waals surface area contributed by atoms with Crippen LogP contribution in [0.25, 0.3) is 0 Å². The van der Waals surface area contributed by atoms with E-state index in [0.29, 0.717) is 0 Å². The van der Waals surface area contributed by atoms with E-state index in [1.165, 1.54) is 0 Å². The van der Waals surface area contributed by atoms with Crippen molar-refractivity contribution in [2.75, 3.05) is 0 Å². The average Bonchev–Trinajstić information content (AvgIpc) is 2.24. The first kappa shape index (κ1) is 12.2. The van der Waals surface area contributed by atoms with Gasteiger partial charge in [-0.15, -0.1) is 6.42 Å². The lowest BCUT2D eigenvalue weighted by Gasteiger charge is -2.11. The van der Waals surface area contributed by atoms with E-state index in [1.807, 2.05) is 12.3 Å². The van der Waals surface area contributed by atoms with Gasteiger partial charge in [-0.2, -0.15) is 0 Å². The Morgan fingerprint density at radius 1 is 1.60 bits per heavy atom. The van der Waals surface area contributed by atoms with E-state index in [2.05, 4.69) is 39.1 Å². The van der Waals surface area contributed by atoms with Gasteiger partial charge >= 0.3 is 0 Å². The SMILES string of the molecule is C#CC(CCC)NCc1cncc(Br)c1. The highest BCUT2D eigenvalue weighted by Gasteiger charge is 2.02. The van der Waals surface area contributed by atoms with Gasteiger partial charge in [-0.25, -0.2) is 0 Å². The Morgan fingerprint density at radius 3 is 3.00 bits per heavy atom. The third kappa shape index (κ3) is 4.46. The molecule has 0 radical (unpaired) electrons. The van der Waals surface area contributed by atoms with Crippen LogP contribution in [-0.4, -0.2) is 11.0 Å². The van der Waals surface area contributed by atoms with Crippen LogP contribution in [0.1, 0.15) is 25.3 Å². The van der Waals surface area contributed by atoms with Crippen molar-refractivity contribution < 1.29 is 0 Å². The van der Waals surface area contributed by atoms with Crippen LogP contribution in [0.5, 0.6) is 0 Å². The van der Waals surface area contributed by atoms with Crippen molar-refractivity contribution in [2.45, 2.75) is 32.4 Å². The lowest BCUT2D eigenvalue weighted by Crippen LogP contribution is -2.26. The molecule has 0 aliphatic rings. The number of halogens is 1. The fourth-order valence-corrected chi connectivity index (χ4v) is 1.74. The molecule has 3 heteroatoms. The lowest BCUT2D eigenvalue weighted by molar-refractivity contribution is 0.562. The standard InChI is InChI=1S/C12H15BrN2/c1-3-5-12(4-2)15-8-10-6-11(13)9-14-7-10/h2,6-7,9,12,15H,3,5,8H2,1H3. The van der Waals surface area contributed by atoms with Gasteiger partial charge in [0.15, 0.2) is 0 Å². The predicted molar refractivity (Wildman–Crippen MR) is 66.3 cm³/mol. The van der Waals surface area contributed by atoms with Gasteiger partial charge in [0, 0.05) is 23.4 Å². The molecule has 0 aliphatic heterocycles. The second kappa shape index (κ2) is 6.60. The molecule has 2 nitrogen and oxygen atoms in total. The molecule has 0 amide bonds. The number of hydrogen-bond acceptors (Lipinski definition) is 2. The summed E-state index contributed by atoms with van der Waals surface area (Å²) in [5.41, 5.74) is 1.14. The highest BCUT2D eigenvalue weighted by molar-refractivity contribution is 9.10. The highest BCUT2D eigenvalue weighted by Crippen LogP contribution is 2.09. The summed E-state index contributed by atoms with van der Waals surface area (Å²) < 4.78 is 0.995. The van der Waals surface area contributed by atoms with Crippen molar-refractivity contribution in [3.05, 3.63) is 28.5 Å². The average molecular weight is 267 g/mol. The molecule has 15 heavy (non-hydrogen) atoms. The van der Waals surface area contributed by atoms with Crippen molar-refractivity contribution >= 4 is 15.9 Å². The summed E-state index contributed by atoms with van der Waals surface area (Å²) in [6.45, 7) is 2.90. The van der Waals surface area contributed by atoms with Crippen LogP contribution in [0.15, 0.2) is 22.9 Å². The minimum Gasteiger partial charge on any atom is -0.300 e. The minimum absolute atomic E-state index is 0.161. The van der Waals surface area contributed by atoms with Crippen molar-refractivity contribution in [3.8, 4) is 12.3 Å². The van der Waals surface area contributed by atoms with Crippen molar-refractivity contribution in [1.82, 2.24) is 10.3 Å². The summed E-state index contributed by atoms with van der Waals surface area (Å²) in [6, 6.07) is 2.20. The van der Waals surface area contributed by atoms with Gasteiger partial charge in [-0.05, 0) is 34.0 Å². The molecule has 0 aliphatic carbocycles. The molecular weight excluding hydrogens is 252 g/mol. The van der Waals surface area contributed by atoms with Gasteiger partial charge in [-0.3, -0.25) is 10.3 Å². The number of nitrogens with one attached hydrogen (secondary N) is 1. The fourth-order valence-electron chi connectivity index (χ4n) is 1.33. The van der Waals surface area contributed by atoms with E-state index in [9.17, 15) is 0 Å². The van der Waals surface area contributed by atoms with Gasteiger partial charge in [0.2, 0.25) is 0 Å². The molecule has 1 heterocycles. The summed E-state index contributed by atoms with van der Waals surface area (Å²) in [6.07, 6.45) is 11.1. The Labute approximate surface area is 99.6 Å². The van der Waals surface area contributed by atoms with E-state index in [4.69, 9.17) is 6.42 Å². The predicted octanol–water partition coefficient (Wildman–Crippen LogP) is 2.74. The Balaban J connectivity index is 2.46. The first-order valence-electron chi connectivity index (χ1n) is 5.05. The monoisotopic (exact) mass is 266 g/mol. The molecule has 1 unspecified atom stereocenters. The second-order valence-corrected chi connectivity index (χ2v) is 4.32. The maximum absolute atomic E-state index is 5.42. The molecule has 80 valence electrons. The summed E-state index contributed by atoms with van der Waals surface area (Å²) in [5, 5.41) is 3.32. The Kier molecular flexibility index (Phi) is 5.38. The van der Waals surface area contributed by atoms with E-state index < -0.39 is 0 Å². The molecule has 0 bridgehead atoms. The molecule has 0 saturated heterocycles. The van der Waals surface area contributed by atoms with Crippen LogP contribution in [0.4, 0.5) is 0 Å². The number of nitrogens with zero attached hydrogens (tertiary/aromatic N) is 1. The summed E-state index contributed by atoms with van der Waals surface area (Å²) in [7, 11) is 0. The third-order valence-electron chi connectivity index (χ3n) is 2.09. The molecule has 0 saturated carbocycles. The zero-order valence-electron chi connectivity index (χ0n) is 8.83. The van der Waals surface area contributed by atoms with Gasteiger partial charge < -0.3 is 0 Å². The summed E-state index contributed by atoms with van der Waals surface area (Å²) in [4.78, 5) is 4.10. The number of hydrogen-bond donors (Lipinski definition) is 1. The van der Waals surface area contributed by atoms with Crippen molar-refractivity contribution in [3.63, 3.8) is 0 Å². The zero-order valence-corrected chi connectivity index (χ0v) is 10.4. The van der Waals surface area contributed by atoms with Crippen LogP contribution in [0.3, 0.4) is 0 Å². The Bertz CT molecular complexity index is 344. The quantitative estimate of drug-likeness (QED) is 0.830. The number of rotatable bonds is 5. The number of aromatic nitrogens is 1. The summed E-state index contributed by atoms with van der Waals surface area (Å²) in [5.74, 6) is 2.74. The van der Waals surface area contributed by atoms with Crippen molar-refractivity contribution in [1.29, 1.82) is 0 Å². The van der Waals surface area contributed by atoms with E-state index in [1.54, 1.807) is 6.20 Å². The van der Waals surface area contributed by atoms with Crippen LogP contribution in [0, 0.1) is 12.3 Å². The smallest absolute Gasteiger partial charge is 0.0689 e. The molecular formula is C12H15BrN2. The maximum Gasteiger partial charge on any atom is 0.0689 e. The normalized spacial score (nSPS) is 12.1. The van der Waals surface area contributed by atoms with Gasteiger partial charge in [-0.1, -0.05) is 19.3 Å². The van der Waals surface area contributed by atoms with Crippen molar-refractivity contribution in [2.24, 2.45) is 0 Å². The molecule has 1 aromatic heterocycles. The minimum atomic E-state index is 0.161. The molecule has 1 rings (SSSR count). The number of pyridine rings is 1. The molecule has 0 spiro atoms. The zero-order chi connectivity index (χ0) is 11.1. The Hall–Kier alpha value is -0.850. The second-order valence-electron chi connectivity index (χ2n) is 3.40. The molecule has 1 N–H and O–H groups in total. The third-order valence-corrected chi connectivity index (χ3v) is 2.53. The van der Waals surface area contributed by atoms with Crippen LogP contribution >= 0.6 is 15.9 Å². The van der Waals surface area contributed by atoms with E-state index >= 15 is 0 Å². The lowest BCUT2D eigenvalue weighted by atomic mass is 10.1. The van der Waals surface area contributed by atoms with Crippen LogP contribution in [0.2, 0.25) is 0 Å². The Morgan fingerprint density at radius 2 is 2.40 bits per heavy atom. The molecule has 1 aromatic rings. The topological polar surface area (TPSA) is 24.9 Å². The van der Waals surface area contributed by atoms with Gasteiger partial charge in [0.1, 0.15) is 0 Å². The van der Waals surface area contributed by atoms with Crippen LogP contribution in [-0.2, 0) is 6.54 Å². The largest absolute Gasteiger partial charge is 0.300 e. The molecule has 0 aromatic carbocycles. The fraction of sp³-hybridized carbons (Fsp3) is 0.417. The maximum atomic E-state index is 5.42. The number of terminal acetylenes is 1. The molecule has 1 atom stereocenters. The summed E-state index contributed by atoms with van der Waals surface area (Å²) >= 11 is 3.39. The van der Waals surface area contributed by atoms with Gasteiger partial charge in [0.05, 0.1) is 6.04 Å². The van der Waals surface area contributed by atoms with E-state index in [0.717, 1.165) is 29.4 Å². The molecule has 0 fully saturated rings. The first-order valence-corrected chi connectivity index (χ1v) is 5.84. The first-order chi connectivity index (χ1) is 7.26. The highest BCUT2D eigenvalue weighted by atomic mass is 79.9. The van der Waals surface area contributed by atoms with Crippen LogP contribution < -0.4 is 5.32 Å². The van der Waals surface area contributed by atoms with E-state index in [-0.39, 0.29) is 6.04 Å². The van der Waals surface area contributed by atoms with Gasteiger partial charge in [0.25, 0.3) is 0 Å².